The highest BCUT2D eigenvalue weighted by molar-refractivity contribution is 5.86. The van der Waals surface area contributed by atoms with Crippen molar-refractivity contribution in [2.24, 2.45) is 0 Å². The molecule has 1 atom stereocenters. The zero-order valence-corrected chi connectivity index (χ0v) is 15.8. The van der Waals surface area contributed by atoms with Crippen LogP contribution in [0.15, 0.2) is 18.2 Å². The maximum absolute atomic E-state index is 13.0. The number of aliphatic hydroxyl groups is 1. The average Bonchev–Trinajstić information content (AvgIpc) is 3.17. The van der Waals surface area contributed by atoms with Crippen LogP contribution in [0.25, 0.3) is 0 Å². The molecular formula is C20H30N2O4. The summed E-state index contributed by atoms with van der Waals surface area (Å²) in [5, 5.41) is 14.4. The number of ether oxygens (including phenoxy) is 2. The minimum Gasteiger partial charge on any atom is -0.493 e. The topological polar surface area (TPSA) is 71.0 Å². The summed E-state index contributed by atoms with van der Waals surface area (Å²) in [4.78, 5) is 14.7. The van der Waals surface area contributed by atoms with Gasteiger partial charge in [0.25, 0.3) is 5.91 Å². The Labute approximate surface area is 155 Å². The molecule has 2 N–H and O–H groups in total. The van der Waals surface area contributed by atoms with Gasteiger partial charge in [-0.15, -0.1) is 0 Å². The Morgan fingerprint density at radius 2 is 2.00 bits per heavy atom. The summed E-state index contributed by atoms with van der Waals surface area (Å²) in [6.07, 6.45) is 6.03. The molecule has 1 aromatic carbocycles. The molecule has 144 valence electrons. The first-order valence-corrected chi connectivity index (χ1v) is 9.52. The number of rotatable bonds is 7. The molecule has 1 aliphatic heterocycles. The maximum Gasteiger partial charge on any atom is 0.256 e. The standard InChI is InChI=1S/C20H30N2O4/c1-25-17-10-5-7-15(18(17)26-2)13-22-12-6-11-20(24,19(22)23)14-21-16-8-3-4-9-16/h5,7,10,16,21,24H,3-4,6,8-9,11-14H2,1-2H3. The van der Waals surface area contributed by atoms with E-state index in [1.807, 2.05) is 18.2 Å². The van der Waals surface area contributed by atoms with Crippen LogP contribution in [0, 0.1) is 0 Å². The van der Waals surface area contributed by atoms with Gasteiger partial charge in [-0.1, -0.05) is 25.0 Å². The normalized spacial score (nSPS) is 24.1. The van der Waals surface area contributed by atoms with Crippen molar-refractivity contribution < 1.29 is 19.4 Å². The molecule has 1 amide bonds. The van der Waals surface area contributed by atoms with Gasteiger partial charge in [0.1, 0.15) is 0 Å². The largest absolute Gasteiger partial charge is 0.493 e. The van der Waals surface area contributed by atoms with E-state index in [4.69, 9.17) is 9.47 Å². The predicted molar refractivity (Wildman–Crippen MR) is 99.4 cm³/mol. The van der Waals surface area contributed by atoms with Gasteiger partial charge in [0.05, 0.1) is 14.2 Å². The first-order chi connectivity index (χ1) is 12.6. The lowest BCUT2D eigenvalue weighted by atomic mass is 9.91. The zero-order chi connectivity index (χ0) is 18.6. The lowest BCUT2D eigenvalue weighted by molar-refractivity contribution is -0.157. The second-order valence-corrected chi connectivity index (χ2v) is 7.38. The van der Waals surface area contributed by atoms with Crippen LogP contribution >= 0.6 is 0 Å². The molecule has 1 saturated heterocycles. The Morgan fingerprint density at radius 3 is 2.69 bits per heavy atom. The van der Waals surface area contributed by atoms with E-state index in [0.29, 0.717) is 43.6 Å². The minimum atomic E-state index is -1.31. The number of benzene rings is 1. The predicted octanol–water partition coefficient (Wildman–Crippen LogP) is 2.09. The number of piperidine rings is 1. The second-order valence-electron chi connectivity index (χ2n) is 7.38. The van der Waals surface area contributed by atoms with Crippen LogP contribution in [0.3, 0.4) is 0 Å². The molecule has 26 heavy (non-hydrogen) atoms. The first-order valence-electron chi connectivity index (χ1n) is 9.52. The fraction of sp³-hybridized carbons (Fsp3) is 0.650. The summed E-state index contributed by atoms with van der Waals surface area (Å²) in [5.41, 5.74) is -0.430. The van der Waals surface area contributed by atoms with Crippen molar-refractivity contribution in [1.82, 2.24) is 10.2 Å². The molecule has 1 unspecified atom stereocenters. The SMILES string of the molecule is COc1cccc(CN2CCCC(O)(CNC3CCCC3)C2=O)c1OC. The van der Waals surface area contributed by atoms with Crippen molar-refractivity contribution in [3.63, 3.8) is 0 Å². The lowest BCUT2D eigenvalue weighted by Crippen LogP contribution is -2.58. The third-order valence-corrected chi connectivity index (χ3v) is 5.59. The molecule has 6 nitrogen and oxygen atoms in total. The highest BCUT2D eigenvalue weighted by atomic mass is 16.5. The van der Waals surface area contributed by atoms with Gasteiger partial charge in [-0.3, -0.25) is 4.79 Å². The Morgan fingerprint density at radius 1 is 1.23 bits per heavy atom. The molecule has 3 rings (SSSR count). The Bertz CT molecular complexity index is 630. The van der Waals surface area contributed by atoms with Crippen LogP contribution in [0.4, 0.5) is 0 Å². The average molecular weight is 362 g/mol. The molecule has 1 saturated carbocycles. The molecule has 1 heterocycles. The minimum absolute atomic E-state index is 0.195. The molecule has 1 aliphatic carbocycles. The van der Waals surface area contributed by atoms with Crippen molar-refractivity contribution in [2.75, 3.05) is 27.3 Å². The number of methoxy groups -OCH3 is 2. The van der Waals surface area contributed by atoms with Gasteiger partial charge in [0.15, 0.2) is 17.1 Å². The van der Waals surface area contributed by atoms with Crippen molar-refractivity contribution in [2.45, 2.75) is 56.7 Å². The first kappa shape index (κ1) is 19.0. The van der Waals surface area contributed by atoms with Crippen molar-refractivity contribution in [3.05, 3.63) is 23.8 Å². The van der Waals surface area contributed by atoms with E-state index in [1.54, 1.807) is 19.1 Å². The molecule has 0 aromatic heterocycles. The second kappa shape index (κ2) is 8.27. The number of likely N-dealkylation sites (tertiary alicyclic amines) is 1. The number of carbonyl (C=O) groups is 1. The number of hydrogen-bond donors (Lipinski definition) is 2. The molecule has 0 bridgehead atoms. The summed E-state index contributed by atoms with van der Waals surface area (Å²) in [6.45, 7) is 1.39. The number of para-hydroxylation sites is 1. The van der Waals surface area contributed by atoms with E-state index in [1.165, 1.54) is 12.8 Å². The van der Waals surface area contributed by atoms with E-state index in [9.17, 15) is 9.90 Å². The Hall–Kier alpha value is -1.79. The fourth-order valence-electron chi connectivity index (χ4n) is 4.11. The van der Waals surface area contributed by atoms with Gasteiger partial charge in [-0.2, -0.15) is 0 Å². The number of carbonyl (C=O) groups excluding carboxylic acids is 1. The van der Waals surface area contributed by atoms with Crippen molar-refractivity contribution in [1.29, 1.82) is 0 Å². The van der Waals surface area contributed by atoms with E-state index in [0.717, 1.165) is 24.8 Å². The lowest BCUT2D eigenvalue weighted by Gasteiger charge is -2.39. The molecule has 1 aromatic rings. The van der Waals surface area contributed by atoms with Crippen LogP contribution < -0.4 is 14.8 Å². The molecule has 0 radical (unpaired) electrons. The highest BCUT2D eigenvalue weighted by Gasteiger charge is 2.42. The fourth-order valence-corrected chi connectivity index (χ4v) is 4.11. The third kappa shape index (κ3) is 3.96. The van der Waals surface area contributed by atoms with E-state index >= 15 is 0 Å². The number of nitrogens with zero attached hydrogens (tertiary/aromatic N) is 1. The van der Waals surface area contributed by atoms with Crippen molar-refractivity contribution >= 4 is 5.91 Å². The van der Waals surface area contributed by atoms with Gasteiger partial charge < -0.3 is 24.8 Å². The van der Waals surface area contributed by atoms with Gasteiger partial charge in [-0.05, 0) is 31.7 Å². The van der Waals surface area contributed by atoms with E-state index < -0.39 is 5.60 Å². The Balaban J connectivity index is 1.69. The molecule has 2 fully saturated rings. The van der Waals surface area contributed by atoms with Crippen LogP contribution in [-0.4, -0.2) is 54.9 Å². The highest BCUT2D eigenvalue weighted by Crippen LogP contribution is 2.33. The van der Waals surface area contributed by atoms with Gasteiger partial charge in [0.2, 0.25) is 0 Å². The summed E-state index contributed by atoms with van der Waals surface area (Å²) < 4.78 is 10.8. The Kier molecular flexibility index (Phi) is 6.04. The van der Waals surface area contributed by atoms with E-state index in [-0.39, 0.29) is 5.91 Å². The number of nitrogens with one attached hydrogen (secondary N) is 1. The van der Waals surface area contributed by atoms with Gasteiger partial charge in [-0.25, -0.2) is 0 Å². The van der Waals surface area contributed by atoms with Crippen LogP contribution in [0.2, 0.25) is 0 Å². The van der Waals surface area contributed by atoms with E-state index in [2.05, 4.69) is 5.32 Å². The smallest absolute Gasteiger partial charge is 0.256 e. The number of amides is 1. The molecule has 6 heteroatoms. The zero-order valence-electron chi connectivity index (χ0n) is 15.8. The summed E-state index contributed by atoms with van der Waals surface area (Å²) in [6, 6.07) is 6.08. The van der Waals surface area contributed by atoms with Crippen LogP contribution in [0.5, 0.6) is 11.5 Å². The molecular weight excluding hydrogens is 332 g/mol. The molecule has 0 spiro atoms. The maximum atomic E-state index is 13.0. The van der Waals surface area contributed by atoms with Crippen LogP contribution in [-0.2, 0) is 11.3 Å². The summed E-state index contributed by atoms with van der Waals surface area (Å²) >= 11 is 0. The number of hydrogen-bond acceptors (Lipinski definition) is 5. The summed E-state index contributed by atoms with van der Waals surface area (Å²) in [7, 11) is 3.20. The van der Waals surface area contributed by atoms with Crippen LogP contribution in [0.1, 0.15) is 44.1 Å². The monoisotopic (exact) mass is 362 g/mol. The summed E-state index contributed by atoms with van der Waals surface area (Å²) in [5.74, 6) is 1.09. The molecule has 2 aliphatic rings. The van der Waals surface area contributed by atoms with Gasteiger partial charge in [0, 0.05) is 31.2 Å². The van der Waals surface area contributed by atoms with Gasteiger partial charge >= 0.3 is 0 Å². The van der Waals surface area contributed by atoms with Crippen molar-refractivity contribution in [3.8, 4) is 11.5 Å². The third-order valence-electron chi connectivity index (χ3n) is 5.59. The quantitative estimate of drug-likeness (QED) is 0.777.